The van der Waals surface area contributed by atoms with E-state index in [9.17, 15) is 9.59 Å². The van der Waals surface area contributed by atoms with Crippen molar-refractivity contribution in [2.45, 2.75) is 38.9 Å². The fourth-order valence-corrected chi connectivity index (χ4v) is 2.25. The van der Waals surface area contributed by atoms with Gasteiger partial charge in [-0.2, -0.15) is 0 Å². The molecule has 1 aromatic rings. The number of rotatable bonds is 2. The molecule has 1 aliphatic rings. The van der Waals surface area contributed by atoms with Gasteiger partial charge >= 0.3 is 0 Å². The van der Waals surface area contributed by atoms with Gasteiger partial charge in [-0.3, -0.25) is 14.6 Å². The van der Waals surface area contributed by atoms with Crippen molar-refractivity contribution < 1.29 is 9.59 Å². The summed E-state index contributed by atoms with van der Waals surface area (Å²) in [6.07, 6.45) is 3.41. The molecule has 96 valence electrons. The molecule has 0 radical (unpaired) electrons. The lowest BCUT2D eigenvalue weighted by Gasteiger charge is -2.40. The molecule has 0 bridgehead atoms. The molecule has 1 aliphatic heterocycles. The second kappa shape index (κ2) is 4.76. The predicted molar refractivity (Wildman–Crippen MR) is 66.6 cm³/mol. The number of aromatic nitrogens is 1. The van der Waals surface area contributed by atoms with Crippen LogP contribution in [-0.2, 0) is 9.59 Å². The molecule has 3 atom stereocenters. The smallest absolute Gasteiger partial charge is 0.246 e. The molecule has 1 N–H and O–H groups in total. The fourth-order valence-electron chi connectivity index (χ4n) is 2.25. The average Bonchev–Trinajstić information content (AvgIpc) is 2.37. The van der Waals surface area contributed by atoms with Crippen molar-refractivity contribution in [3.63, 3.8) is 0 Å². The molecular weight excluding hydrogens is 230 g/mol. The third-order valence-corrected chi connectivity index (χ3v) is 3.36. The standard InChI is InChI=1S/C13H17N3O2/c1-8-13(18)16(10(3)12(17)15-8)9(2)11-5-4-6-14-7-11/h4-10H,1-3H3,(H,15,17). The molecule has 0 saturated carbocycles. The van der Waals surface area contributed by atoms with Crippen molar-refractivity contribution in [2.75, 3.05) is 0 Å². The Morgan fingerprint density at radius 3 is 2.72 bits per heavy atom. The molecule has 18 heavy (non-hydrogen) atoms. The maximum atomic E-state index is 12.2. The third-order valence-electron chi connectivity index (χ3n) is 3.36. The Bertz CT molecular complexity index is 461. The third kappa shape index (κ3) is 2.08. The van der Waals surface area contributed by atoms with Gasteiger partial charge in [0.15, 0.2) is 0 Å². The highest BCUT2D eigenvalue weighted by Gasteiger charge is 2.38. The molecular formula is C13H17N3O2. The minimum Gasteiger partial charge on any atom is -0.343 e. The highest BCUT2D eigenvalue weighted by Crippen LogP contribution is 2.24. The van der Waals surface area contributed by atoms with Gasteiger partial charge in [-0.05, 0) is 32.4 Å². The van der Waals surface area contributed by atoms with Crippen LogP contribution in [0.3, 0.4) is 0 Å². The zero-order valence-corrected chi connectivity index (χ0v) is 10.8. The van der Waals surface area contributed by atoms with Crippen LogP contribution in [0.5, 0.6) is 0 Å². The molecule has 1 saturated heterocycles. The number of amides is 2. The van der Waals surface area contributed by atoms with Crippen LogP contribution in [0.1, 0.15) is 32.4 Å². The van der Waals surface area contributed by atoms with E-state index in [1.165, 1.54) is 0 Å². The lowest BCUT2D eigenvalue weighted by molar-refractivity contribution is -0.150. The van der Waals surface area contributed by atoms with E-state index in [1.807, 2.05) is 19.1 Å². The summed E-state index contributed by atoms with van der Waals surface area (Å²) >= 11 is 0. The average molecular weight is 247 g/mol. The van der Waals surface area contributed by atoms with Crippen LogP contribution >= 0.6 is 0 Å². The monoisotopic (exact) mass is 247 g/mol. The van der Waals surface area contributed by atoms with Crippen molar-refractivity contribution in [3.05, 3.63) is 30.1 Å². The van der Waals surface area contributed by atoms with E-state index in [-0.39, 0.29) is 17.9 Å². The van der Waals surface area contributed by atoms with Crippen LogP contribution in [-0.4, -0.2) is 33.8 Å². The Hall–Kier alpha value is -1.91. The maximum absolute atomic E-state index is 12.2. The van der Waals surface area contributed by atoms with Gasteiger partial charge in [0.25, 0.3) is 0 Å². The molecule has 1 aromatic heterocycles. The van der Waals surface area contributed by atoms with Crippen LogP contribution in [0.25, 0.3) is 0 Å². The Morgan fingerprint density at radius 2 is 2.11 bits per heavy atom. The number of hydrogen-bond acceptors (Lipinski definition) is 3. The van der Waals surface area contributed by atoms with Crippen LogP contribution in [0, 0.1) is 0 Å². The zero-order chi connectivity index (χ0) is 13.3. The zero-order valence-electron chi connectivity index (χ0n) is 10.8. The van der Waals surface area contributed by atoms with Gasteiger partial charge in [0, 0.05) is 12.4 Å². The summed E-state index contributed by atoms with van der Waals surface area (Å²) < 4.78 is 0. The van der Waals surface area contributed by atoms with Crippen LogP contribution in [0.2, 0.25) is 0 Å². The van der Waals surface area contributed by atoms with Crippen LogP contribution < -0.4 is 5.32 Å². The largest absolute Gasteiger partial charge is 0.343 e. The minimum absolute atomic E-state index is 0.0570. The lowest BCUT2D eigenvalue weighted by Crippen LogP contribution is -2.61. The summed E-state index contributed by atoms with van der Waals surface area (Å²) in [7, 11) is 0. The Balaban J connectivity index is 2.30. The van der Waals surface area contributed by atoms with Gasteiger partial charge in [-0.25, -0.2) is 0 Å². The summed E-state index contributed by atoms with van der Waals surface area (Å²) in [5.74, 6) is -0.170. The number of hydrogen-bond donors (Lipinski definition) is 1. The van der Waals surface area contributed by atoms with Gasteiger partial charge in [0.1, 0.15) is 12.1 Å². The second-order valence-corrected chi connectivity index (χ2v) is 4.61. The van der Waals surface area contributed by atoms with Gasteiger partial charge in [0.2, 0.25) is 11.8 Å². The lowest BCUT2D eigenvalue weighted by atomic mass is 10.0. The van der Waals surface area contributed by atoms with Crippen LogP contribution in [0.15, 0.2) is 24.5 Å². The molecule has 2 rings (SSSR count). The van der Waals surface area contributed by atoms with Crippen molar-refractivity contribution in [1.29, 1.82) is 0 Å². The van der Waals surface area contributed by atoms with E-state index < -0.39 is 12.1 Å². The number of carbonyl (C=O) groups is 2. The van der Waals surface area contributed by atoms with Crippen molar-refractivity contribution in [2.24, 2.45) is 0 Å². The van der Waals surface area contributed by atoms with E-state index in [1.54, 1.807) is 31.1 Å². The first-order valence-corrected chi connectivity index (χ1v) is 6.05. The van der Waals surface area contributed by atoms with Gasteiger partial charge in [-0.15, -0.1) is 0 Å². The molecule has 5 heteroatoms. The summed E-state index contributed by atoms with van der Waals surface area (Å²) in [5.41, 5.74) is 0.930. The fraction of sp³-hybridized carbons (Fsp3) is 0.462. The van der Waals surface area contributed by atoms with Crippen LogP contribution in [0.4, 0.5) is 0 Å². The van der Waals surface area contributed by atoms with E-state index >= 15 is 0 Å². The highest BCUT2D eigenvalue weighted by atomic mass is 16.2. The molecule has 1 fully saturated rings. The molecule has 0 spiro atoms. The summed E-state index contributed by atoms with van der Waals surface area (Å²) in [4.78, 5) is 29.6. The van der Waals surface area contributed by atoms with E-state index in [4.69, 9.17) is 0 Å². The number of nitrogens with zero attached hydrogens (tertiary/aromatic N) is 2. The summed E-state index contributed by atoms with van der Waals surface area (Å²) in [6, 6.07) is 2.66. The van der Waals surface area contributed by atoms with Crippen molar-refractivity contribution in [1.82, 2.24) is 15.2 Å². The molecule has 3 unspecified atom stereocenters. The molecule has 5 nitrogen and oxygen atoms in total. The van der Waals surface area contributed by atoms with E-state index in [2.05, 4.69) is 10.3 Å². The molecule has 2 heterocycles. The predicted octanol–water partition coefficient (Wildman–Crippen LogP) is 0.878. The number of carbonyl (C=O) groups excluding carboxylic acids is 2. The topological polar surface area (TPSA) is 62.3 Å². The van der Waals surface area contributed by atoms with Gasteiger partial charge in [0.05, 0.1) is 6.04 Å². The SMILES string of the molecule is CC1NC(=O)C(C)N(C(C)c2cccnc2)C1=O. The minimum atomic E-state index is -0.465. The Labute approximate surface area is 106 Å². The normalized spacial score (nSPS) is 25.8. The Kier molecular flexibility index (Phi) is 3.32. The number of pyridine rings is 1. The second-order valence-electron chi connectivity index (χ2n) is 4.61. The van der Waals surface area contributed by atoms with Gasteiger partial charge < -0.3 is 10.2 Å². The Morgan fingerprint density at radius 1 is 1.39 bits per heavy atom. The first-order valence-electron chi connectivity index (χ1n) is 6.05. The maximum Gasteiger partial charge on any atom is 0.246 e. The highest BCUT2D eigenvalue weighted by molar-refractivity contribution is 5.96. The molecule has 2 amide bonds. The van der Waals surface area contributed by atoms with Gasteiger partial charge in [-0.1, -0.05) is 6.07 Å². The first kappa shape index (κ1) is 12.5. The quantitative estimate of drug-likeness (QED) is 0.843. The summed E-state index contributed by atoms with van der Waals surface area (Å²) in [6.45, 7) is 5.36. The molecule has 0 aromatic carbocycles. The number of nitrogens with one attached hydrogen (secondary N) is 1. The van der Waals surface area contributed by atoms with Crippen molar-refractivity contribution >= 4 is 11.8 Å². The number of piperazine rings is 1. The van der Waals surface area contributed by atoms with E-state index in [0.29, 0.717) is 0 Å². The van der Waals surface area contributed by atoms with Crippen molar-refractivity contribution in [3.8, 4) is 0 Å². The molecule has 0 aliphatic carbocycles. The first-order chi connectivity index (χ1) is 8.52. The summed E-state index contributed by atoms with van der Waals surface area (Å²) in [5, 5.41) is 2.67. The van der Waals surface area contributed by atoms with E-state index in [0.717, 1.165) is 5.56 Å².